The number of thiazole rings is 1. The molecule has 0 saturated carbocycles. The maximum Gasteiger partial charge on any atom is 0.231 e. The summed E-state index contributed by atoms with van der Waals surface area (Å²) in [4.78, 5) is 18.0. The number of aromatic nitrogens is 1. The summed E-state index contributed by atoms with van der Waals surface area (Å²) < 4.78 is 1.07. The number of para-hydroxylation sites is 1. The molecule has 3 aromatic rings. The van der Waals surface area contributed by atoms with Gasteiger partial charge in [0.15, 0.2) is 0 Å². The number of aryl methyl sites for hydroxylation is 1. The fraction of sp³-hybridized carbons (Fsp3) is 0.158. The Morgan fingerprint density at radius 1 is 1.24 bits per heavy atom. The summed E-state index contributed by atoms with van der Waals surface area (Å²) in [6.07, 6.45) is 0.306. The molecule has 0 unspecified atom stereocenters. The average molecular weight is 433 g/mol. The zero-order valence-electron chi connectivity index (χ0n) is 13.7. The van der Waals surface area contributed by atoms with E-state index in [4.69, 9.17) is 0 Å². The van der Waals surface area contributed by atoms with Gasteiger partial charge in [-0.25, -0.2) is 4.98 Å². The molecule has 1 aromatic heterocycles. The summed E-state index contributed by atoms with van der Waals surface area (Å²) in [5, 5.41) is 5.82. The van der Waals surface area contributed by atoms with Gasteiger partial charge >= 0.3 is 0 Å². The molecular weight excluding hydrogens is 416 g/mol. The molecular formula is C19H17BrN2OS2. The highest BCUT2D eigenvalue weighted by molar-refractivity contribution is 9.10. The van der Waals surface area contributed by atoms with Gasteiger partial charge in [0.25, 0.3) is 0 Å². The third-order valence-electron chi connectivity index (χ3n) is 3.51. The predicted octanol–water partition coefficient (Wildman–Crippen LogP) is 5.69. The van der Waals surface area contributed by atoms with Gasteiger partial charge in [-0.2, -0.15) is 0 Å². The van der Waals surface area contributed by atoms with Crippen molar-refractivity contribution in [2.24, 2.45) is 0 Å². The molecule has 1 N–H and O–H groups in total. The molecule has 0 aliphatic heterocycles. The molecule has 1 heterocycles. The molecule has 0 saturated heterocycles. The van der Waals surface area contributed by atoms with Gasteiger partial charge in [0.05, 0.1) is 12.1 Å². The number of carbonyl (C=O) groups is 1. The van der Waals surface area contributed by atoms with E-state index < -0.39 is 0 Å². The number of nitrogens with zero attached hydrogens (tertiary/aromatic N) is 1. The monoisotopic (exact) mass is 432 g/mol. The van der Waals surface area contributed by atoms with Crippen LogP contribution in [0.1, 0.15) is 16.3 Å². The highest BCUT2D eigenvalue weighted by Gasteiger charge is 2.10. The molecule has 3 rings (SSSR count). The largest absolute Gasteiger partial charge is 0.325 e. The Balaban J connectivity index is 1.54. The molecule has 3 nitrogen and oxygen atoms in total. The highest BCUT2D eigenvalue weighted by Crippen LogP contribution is 2.26. The number of nitrogens with one attached hydrogen (secondary N) is 1. The van der Waals surface area contributed by atoms with Gasteiger partial charge in [-0.3, -0.25) is 4.79 Å². The standard InChI is InChI=1S/C19H17BrN2OS2/c1-13-5-2-3-8-17(13)22-18(23)10-19-21-15(12-25-19)11-24-16-7-4-6-14(20)9-16/h2-9,12H,10-11H2,1H3,(H,22,23). The third-order valence-corrected chi connectivity index (χ3v) is 5.93. The van der Waals surface area contributed by atoms with E-state index in [0.717, 1.165) is 32.2 Å². The Hall–Kier alpha value is -1.63. The second kappa shape index (κ2) is 8.65. The quantitative estimate of drug-likeness (QED) is 0.508. The first-order valence-corrected chi connectivity index (χ1v) is 10.4. The Labute approximate surface area is 164 Å². The second-order valence-corrected chi connectivity index (χ2v) is 8.43. The third kappa shape index (κ3) is 5.42. The minimum absolute atomic E-state index is 0.0326. The van der Waals surface area contributed by atoms with Gasteiger partial charge in [0.1, 0.15) is 5.01 Å². The van der Waals surface area contributed by atoms with Gasteiger partial charge < -0.3 is 5.32 Å². The van der Waals surface area contributed by atoms with Crippen molar-refractivity contribution >= 4 is 50.6 Å². The number of thioether (sulfide) groups is 1. The minimum atomic E-state index is -0.0326. The minimum Gasteiger partial charge on any atom is -0.325 e. The van der Waals surface area contributed by atoms with Crippen LogP contribution in [0, 0.1) is 6.92 Å². The van der Waals surface area contributed by atoms with Crippen LogP contribution in [0.25, 0.3) is 0 Å². The van der Waals surface area contributed by atoms with Crippen LogP contribution in [0.4, 0.5) is 5.69 Å². The number of hydrogen-bond acceptors (Lipinski definition) is 4. The number of rotatable bonds is 6. The number of carbonyl (C=O) groups excluding carboxylic acids is 1. The number of amides is 1. The van der Waals surface area contributed by atoms with Gasteiger partial charge in [-0.05, 0) is 36.8 Å². The summed E-state index contributed by atoms with van der Waals surface area (Å²) in [5.74, 6) is 0.765. The van der Waals surface area contributed by atoms with E-state index in [1.165, 1.54) is 16.2 Å². The van der Waals surface area contributed by atoms with Crippen molar-refractivity contribution in [3.05, 3.63) is 74.6 Å². The fourth-order valence-corrected chi connectivity index (χ4v) is 4.55. The van der Waals surface area contributed by atoms with E-state index in [9.17, 15) is 4.79 Å². The van der Waals surface area contributed by atoms with Gasteiger partial charge in [0, 0.05) is 26.2 Å². The Morgan fingerprint density at radius 3 is 2.88 bits per heavy atom. The molecule has 1 amide bonds. The number of hydrogen-bond donors (Lipinski definition) is 1. The highest BCUT2D eigenvalue weighted by atomic mass is 79.9. The zero-order valence-corrected chi connectivity index (χ0v) is 16.9. The maximum atomic E-state index is 12.2. The van der Waals surface area contributed by atoms with Crippen molar-refractivity contribution in [1.82, 2.24) is 4.98 Å². The fourth-order valence-electron chi connectivity index (χ4n) is 2.26. The van der Waals surface area contributed by atoms with E-state index in [1.54, 1.807) is 11.8 Å². The van der Waals surface area contributed by atoms with Crippen LogP contribution >= 0.6 is 39.0 Å². The average Bonchev–Trinajstić information content (AvgIpc) is 3.02. The van der Waals surface area contributed by atoms with Crippen LogP contribution < -0.4 is 5.32 Å². The van der Waals surface area contributed by atoms with Crippen molar-refractivity contribution < 1.29 is 4.79 Å². The Bertz CT molecular complexity index is 879. The van der Waals surface area contributed by atoms with E-state index in [-0.39, 0.29) is 5.91 Å². The lowest BCUT2D eigenvalue weighted by Crippen LogP contribution is -2.15. The van der Waals surface area contributed by atoms with Crippen LogP contribution in [0.15, 0.2) is 63.3 Å². The molecule has 0 aliphatic carbocycles. The van der Waals surface area contributed by atoms with Gasteiger partial charge in [-0.15, -0.1) is 23.1 Å². The van der Waals surface area contributed by atoms with Crippen LogP contribution in [0.5, 0.6) is 0 Å². The summed E-state index contributed by atoms with van der Waals surface area (Å²) >= 11 is 6.75. The lowest BCUT2D eigenvalue weighted by atomic mass is 10.2. The molecule has 0 atom stereocenters. The van der Waals surface area contributed by atoms with E-state index in [2.05, 4.69) is 38.4 Å². The van der Waals surface area contributed by atoms with Crippen molar-refractivity contribution in [3.63, 3.8) is 0 Å². The SMILES string of the molecule is Cc1ccccc1NC(=O)Cc1nc(CSc2cccc(Br)c2)cs1. The van der Waals surface area contributed by atoms with Gasteiger partial charge in [-0.1, -0.05) is 40.2 Å². The molecule has 128 valence electrons. The molecule has 0 bridgehead atoms. The van der Waals surface area contributed by atoms with Gasteiger partial charge in [0.2, 0.25) is 5.91 Å². The van der Waals surface area contributed by atoms with Crippen molar-refractivity contribution in [1.29, 1.82) is 0 Å². The lowest BCUT2D eigenvalue weighted by Gasteiger charge is -2.06. The first-order chi connectivity index (χ1) is 12.1. The molecule has 2 aromatic carbocycles. The molecule has 0 fully saturated rings. The lowest BCUT2D eigenvalue weighted by molar-refractivity contribution is -0.115. The number of halogens is 1. The number of benzene rings is 2. The predicted molar refractivity (Wildman–Crippen MR) is 109 cm³/mol. The second-order valence-electron chi connectivity index (χ2n) is 5.52. The van der Waals surface area contributed by atoms with E-state index >= 15 is 0 Å². The zero-order chi connectivity index (χ0) is 17.6. The maximum absolute atomic E-state index is 12.2. The summed E-state index contributed by atoms with van der Waals surface area (Å²) in [5.41, 5.74) is 2.92. The molecule has 6 heteroatoms. The Morgan fingerprint density at radius 2 is 2.08 bits per heavy atom. The normalized spacial score (nSPS) is 10.6. The smallest absolute Gasteiger partial charge is 0.231 e. The van der Waals surface area contributed by atoms with E-state index in [0.29, 0.717) is 6.42 Å². The van der Waals surface area contributed by atoms with Crippen LogP contribution in [-0.4, -0.2) is 10.9 Å². The molecule has 0 radical (unpaired) electrons. The summed E-state index contributed by atoms with van der Waals surface area (Å²) in [7, 11) is 0. The Kier molecular flexibility index (Phi) is 6.29. The van der Waals surface area contributed by atoms with Crippen molar-refractivity contribution in [3.8, 4) is 0 Å². The van der Waals surface area contributed by atoms with Crippen LogP contribution in [0.3, 0.4) is 0 Å². The van der Waals surface area contributed by atoms with Crippen molar-refractivity contribution in [2.75, 3.05) is 5.32 Å². The first kappa shape index (κ1) is 18.2. The summed E-state index contributed by atoms with van der Waals surface area (Å²) in [6, 6.07) is 16.0. The molecule has 25 heavy (non-hydrogen) atoms. The topological polar surface area (TPSA) is 42.0 Å². The van der Waals surface area contributed by atoms with Crippen molar-refractivity contribution in [2.45, 2.75) is 24.0 Å². The van der Waals surface area contributed by atoms with Crippen LogP contribution in [0.2, 0.25) is 0 Å². The first-order valence-electron chi connectivity index (χ1n) is 7.77. The molecule has 0 aliphatic rings. The van der Waals surface area contributed by atoms with E-state index in [1.807, 2.05) is 48.7 Å². The van der Waals surface area contributed by atoms with Crippen LogP contribution in [-0.2, 0) is 17.0 Å². The summed E-state index contributed by atoms with van der Waals surface area (Å²) in [6.45, 7) is 1.98. The number of anilines is 1. The molecule has 0 spiro atoms.